The molecule has 168 valence electrons. The van der Waals surface area contributed by atoms with Crippen LogP contribution in [0, 0.1) is 12.8 Å². The molecule has 1 aromatic heterocycles. The Kier molecular flexibility index (Phi) is 6.59. The second-order valence-electron chi connectivity index (χ2n) is 7.75. The lowest BCUT2D eigenvalue weighted by molar-refractivity contribution is -0.275. The monoisotopic (exact) mass is 456 g/mol. The van der Waals surface area contributed by atoms with Gasteiger partial charge in [-0.15, -0.1) is 13.2 Å². The van der Waals surface area contributed by atoms with Gasteiger partial charge in [-0.05, 0) is 55.5 Å². The molecule has 0 atom stereocenters. The number of benzene rings is 1. The van der Waals surface area contributed by atoms with Crippen molar-refractivity contribution in [2.24, 2.45) is 5.92 Å². The van der Waals surface area contributed by atoms with Crippen LogP contribution in [0.3, 0.4) is 0 Å². The van der Waals surface area contributed by atoms with Crippen LogP contribution in [0.4, 0.5) is 13.2 Å². The van der Waals surface area contributed by atoms with Crippen molar-refractivity contribution in [1.29, 1.82) is 0 Å². The number of piperidine rings is 1. The average Bonchev–Trinajstić information content (AvgIpc) is 2.66. The zero-order chi connectivity index (χ0) is 22.8. The third kappa shape index (κ3) is 5.96. The normalized spacial score (nSPS) is 15.7. The third-order valence-corrected chi connectivity index (χ3v) is 6.78. The number of sulfone groups is 1. The maximum Gasteiger partial charge on any atom is 0.573 e. The van der Waals surface area contributed by atoms with Gasteiger partial charge < -0.3 is 9.64 Å². The van der Waals surface area contributed by atoms with E-state index >= 15 is 0 Å². The predicted octanol–water partition coefficient (Wildman–Crippen LogP) is 4.13. The molecular weight excluding hydrogens is 433 g/mol. The van der Waals surface area contributed by atoms with Crippen LogP contribution in [-0.2, 0) is 15.6 Å². The maximum absolute atomic E-state index is 12.9. The highest BCUT2D eigenvalue weighted by Crippen LogP contribution is 2.32. The van der Waals surface area contributed by atoms with E-state index in [-0.39, 0.29) is 17.3 Å². The molecule has 0 spiro atoms. The number of carbonyl (C=O) groups is 1. The van der Waals surface area contributed by atoms with E-state index in [1.165, 1.54) is 31.2 Å². The number of pyridine rings is 1. The third-order valence-electron chi connectivity index (χ3n) is 5.09. The molecule has 0 saturated carbocycles. The molecule has 1 amide bonds. The van der Waals surface area contributed by atoms with E-state index in [9.17, 15) is 26.4 Å². The number of nitrogens with zero attached hydrogens (tertiary/aromatic N) is 2. The highest BCUT2D eigenvalue weighted by molar-refractivity contribution is 7.90. The minimum atomic E-state index is -5.03. The van der Waals surface area contributed by atoms with Gasteiger partial charge in [-0.3, -0.25) is 4.79 Å². The topological polar surface area (TPSA) is 76.6 Å². The second-order valence-corrected chi connectivity index (χ2v) is 9.70. The van der Waals surface area contributed by atoms with Crippen molar-refractivity contribution >= 4 is 15.7 Å². The molecule has 0 N–H and O–H groups in total. The number of ether oxygens (including phenoxy) is 1. The van der Waals surface area contributed by atoms with Gasteiger partial charge in [-0.25, -0.2) is 13.4 Å². The zero-order valence-corrected chi connectivity index (χ0v) is 18.0. The van der Waals surface area contributed by atoms with E-state index in [4.69, 9.17) is 0 Å². The number of amides is 1. The van der Waals surface area contributed by atoms with Crippen LogP contribution in [0.15, 0.2) is 41.3 Å². The van der Waals surface area contributed by atoms with Gasteiger partial charge in [-0.2, -0.15) is 0 Å². The van der Waals surface area contributed by atoms with Gasteiger partial charge in [0.05, 0.1) is 11.4 Å². The molecule has 0 aliphatic carbocycles. The zero-order valence-electron chi connectivity index (χ0n) is 17.1. The van der Waals surface area contributed by atoms with Crippen molar-refractivity contribution in [2.75, 3.05) is 13.1 Å². The Morgan fingerprint density at radius 1 is 1.19 bits per heavy atom. The molecule has 1 aliphatic heterocycles. The molecule has 3 rings (SSSR count). The molecule has 2 aromatic rings. The van der Waals surface area contributed by atoms with Crippen LogP contribution in [0.5, 0.6) is 5.75 Å². The minimum absolute atomic E-state index is 0.0646. The first-order valence-corrected chi connectivity index (χ1v) is 11.4. The summed E-state index contributed by atoms with van der Waals surface area (Å²) in [6.45, 7) is 4.85. The molecule has 31 heavy (non-hydrogen) atoms. The van der Waals surface area contributed by atoms with Crippen LogP contribution in [0.1, 0.15) is 41.5 Å². The Hall–Kier alpha value is -2.62. The van der Waals surface area contributed by atoms with Crippen LogP contribution in [-0.4, -0.2) is 43.7 Å². The molecule has 10 heteroatoms. The number of likely N-dealkylation sites (tertiary alicyclic amines) is 1. The maximum atomic E-state index is 12.9. The molecular formula is C21H23F3N2O4S. The molecule has 1 fully saturated rings. The van der Waals surface area contributed by atoms with Crippen LogP contribution in [0.2, 0.25) is 0 Å². The van der Waals surface area contributed by atoms with Gasteiger partial charge in [0.25, 0.3) is 5.91 Å². The van der Waals surface area contributed by atoms with Crippen LogP contribution < -0.4 is 4.74 Å². The summed E-state index contributed by atoms with van der Waals surface area (Å²) in [5, 5.41) is 0. The Morgan fingerprint density at radius 3 is 2.52 bits per heavy atom. The summed E-state index contributed by atoms with van der Waals surface area (Å²) in [6, 6.07) is 7.92. The smallest absolute Gasteiger partial charge is 0.404 e. The SMILES string of the molecule is Cc1ccc(S(=O)(=O)Cc2cccc(C(=O)N3CCC(C)CC3)n2)c(OC(F)(F)F)c1. The molecule has 0 unspecified atom stereocenters. The predicted molar refractivity (Wildman–Crippen MR) is 107 cm³/mol. The molecule has 1 saturated heterocycles. The molecule has 0 radical (unpaired) electrons. The molecule has 2 heterocycles. The van der Waals surface area contributed by atoms with Crippen LogP contribution >= 0.6 is 0 Å². The van der Waals surface area contributed by atoms with E-state index in [1.807, 2.05) is 0 Å². The lowest BCUT2D eigenvalue weighted by Crippen LogP contribution is -2.38. The Labute approximate surface area is 179 Å². The summed E-state index contributed by atoms with van der Waals surface area (Å²) in [5.41, 5.74) is 0.590. The van der Waals surface area contributed by atoms with Crippen molar-refractivity contribution in [2.45, 2.75) is 43.7 Å². The number of halogens is 3. The number of aromatic nitrogens is 1. The highest BCUT2D eigenvalue weighted by atomic mass is 32.2. The largest absolute Gasteiger partial charge is 0.573 e. The van der Waals surface area contributed by atoms with E-state index in [0.717, 1.165) is 25.0 Å². The standard InChI is InChI=1S/C21H23F3N2O4S/c1-14-8-10-26(11-9-14)20(27)17-5-3-4-16(25-17)13-31(28,29)19-7-6-15(2)12-18(19)30-21(22,23)24/h3-7,12,14H,8-11,13H2,1-2H3. The summed E-state index contributed by atoms with van der Waals surface area (Å²) in [6.07, 6.45) is -3.26. The van der Waals surface area contributed by atoms with Crippen molar-refractivity contribution in [3.05, 3.63) is 53.3 Å². The Morgan fingerprint density at radius 2 is 1.87 bits per heavy atom. The summed E-state index contributed by atoms with van der Waals surface area (Å²) >= 11 is 0. The average molecular weight is 456 g/mol. The number of carbonyl (C=O) groups excluding carboxylic acids is 1. The Bertz CT molecular complexity index is 1060. The summed E-state index contributed by atoms with van der Waals surface area (Å²) in [7, 11) is -4.22. The van der Waals surface area contributed by atoms with Gasteiger partial charge in [0, 0.05) is 13.1 Å². The van der Waals surface area contributed by atoms with Gasteiger partial charge in [0.2, 0.25) is 0 Å². The number of aryl methyl sites for hydroxylation is 1. The lowest BCUT2D eigenvalue weighted by atomic mass is 9.99. The van der Waals surface area contributed by atoms with Crippen LogP contribution in [0.25, 0.3) is 0 Å². The van der Waals surface area contributed by atoms with Crippen molar-refractivity contribution < 1.29 is 31.1 Å². The van der Waals surface area contributed by atoms with Crippen molar-refractivity contribution in [3.8, 4) is 5.75 Å². The Balaban J connectivity index is 1.84. The first-order valence-electron chi connectivity index (χ1n) is 9.79. The second kappa shape index (κ2) is 8.86. The van der Waals surface area contributed by atoms with Gasteiger partial charge in [0.1, 0.15) is 16.3 Å². The van der Waals surface area contributed by atoms with Gasteiger partial charge in [-0.1, -0.05) is 19.1 Å². The van der Waals surface area contributed by atoms with E-state index < -0.39 is 32.6 Å². The fraction of sp³-hybridized carbons (Fsp3) is 0.429. The highest BCUT2D eigenvalue weighted by Gasteiger charge is 2.34. The lowest BCUT2D eigenvalue weighted by Gasteiger charge is -2.30. The number of alkyl halides is 3. The first kappa shape index (κ1) is 23.1. The molecule has 1 aliphatic rings. The van der Waals surface area contributed by atoms with E-state index in [0.29, 0.717) is 24.6 Å². The molecule has 6 nitrogen and oxygen atoms in total. The van der Waals surface area contributed by atoms with Gasteiger partial charge >= 0.3 is 6.36 Å². The summed E-state index contributed by atoms with van der Waals surface area (Å²) in [5.74, 6) is -1.21. The minimum Gasteiger partial charge on any atom is -0.404 e. The fourth-order valence-corrected chi connectivity index (χ4v) is 4.79. The van der Waals surface area contributed by atoms with E-state index in [1.54, 1.807) is 4.90 Å². The molecule has 0 bridgehead atoms. The summed E-state index contributed by atoms with van der Waals surface area (Å²) < 4.78 is 67.9. The van der Waals surface area contributed by atoms with Gasteiger partial charge in [0.15, 0.2) is 9.84 Å². The number of hydrogen-bond donors (Lipinski definition) is 0. The number of rotatable bonds is 5. The van der Waals surface area contributed by atoms with E-state index in [2.05, 4.69) is 16.6 Å². The molecule has 1 aromatic carbocycles. The van der Waals surface area contributed by atoms with Crippen molar-refractivity contribution in [1.82, 2.24) is 9.88 Å². The quantitative estimate of drug-likeness (QED) is 0.676. The summed E-state index contributed by atoms with van der Waals surface area (Å²) in [4.78, 5) is 18.0. The first-order chi connectivity index (χ1) is 14.4. The van der Waals surface area contributed by atoms with Crippen molar-refractivity contribution in [3.63, 3.8) is 0 Å². The number of hydrogen-bond acceptors (Lipinski definition) is 5. The fourth-order valence-electron chi connectivity index (χ4n) is 3.40.